The molecular weight excluding hydrogens is 395 g/mol. The Hall–Kier alpha value is -1.80. The number of nitrogens with zero attached hydrogens (tertiary/aromatic N) is 1. The van der Waals surface area contributed by atoms with E-state index in [1.165, 1.54) is 24.1 Å². The van der Waals surface area contributed by atoms with Crippen LogP contribution in [0.25, 0.3) is 0 Å². The summed E-state index contributed by atoms with van der Waals surface area (Å²) in [6.07, 6.45) is -1.40. The molecule has 158 valence electrons. The minimum absolute atomic E-state index is 0. The number of nitrogens with one attached hydrogen (secondary N) is 2. The molecule has 1 saturated heterocycles. The zero-order valence-corrected chi connectivity index (χ0v) is 16.7. The van der Waals surface area contributed by atoms with Gasteiger partial charge in [-0.2, -0.15) is 13.2 Å². The molecule has 28 heavy (non-hydrogen) atoms. The van der Waals surface area contributed by atoms with Crippen molar-refractivity contribution in [2.45, 2.75) is 38.4 Å². The predicted molar refractivity (Wildman–Crippen MR) is 103 cm³/mol. The Morgan fingerprint density at radius 2 is 1.93 bits per heavy atom. The van der Waals surface area contributed by atoms with Crippen molar-refractivity contribution in [2.75, 3.05) is 26.7 Å². The molecule has 2 amide bonds. The molecule has 1 aliphatic rings. The SMILES string of the molecule is CNC(=O)CN(Cc1cccc(C(F)(F)F)c1)C(=O)CCC1CCNCC1.Cl. The zero-order chi connectivity index (χ0) is 19.9. The normalized spacial score (nSPS) is 14.9. The van der Waals surface area contributed by atoms with Gasteiger partial charge in [0, 0.05) is 20.0 Å². The summed E-state index contributed by atoms with van der Waals surface area (Å²) in [7, 11) is 1.46. The Morgan fingerprint density at radius 3 is 2.54 bits per heavy atom. The van der Waals surface area contributed by atoms with Crippen molar-refractivity contribution in [2.24, 2.45) is 5.92 Å². The number of alkyl halides is 3. The van der Waals surface area contributed by atoms with E-state index in [4.69, 9.17) is 0 Å². The smallest absolute Gasteiger partial charge is 0.358 e. The van der Waals surface area contributed by atoms with Crippen LogP contribution >= 0.6 is 12.4 Å². The maximum absolute atomic E-state index is 12.9. The summed E-state index contributed by atoms with van der Waals surface area (Å²) in [5.41, 5.74) is -0.411. The summed E-state index contributed by atoms with van der Waals surface area (Å²) in [6, 6.07) is 4.87. The first kappa shape index (κ1) is 24.2. The van der Waals surface area contributed by atoms with E-state index in [0.29, 0.717) is 17.9 Å². The number of rotatable bonds is 7. The van der Waals surface area contributed by atoms with Gasteiger partial charge in [0.25, 0.3) is 0 Å². The van der Waals surface area contributed by atoms with E-state index in [1.54, 1.807) is 0 Å². The van der Waals surface area contributed by atoms with Crippen LogP contribution < -0.4 is 10.6 Å². The molecule has 0 atom stereocenters. The molecule has 1 aromatic rings. The molecule has 0 unspecified atom stereocenters. The van der Waals surface area contributed by atoms with Crippen molar-refractivity contribution in [3.63, 3.8) is 0 Å². The first-order valence-corrected chi connectivity index (χ1v) is 9.15. The molecule has 0 saturated carbocycles. The fourth-order valence-corrected chi connectivity index (χ4v) is 3.21. The lowest BCUT2D eigenvalue weighted by molar-refractivity contribution is -0.137. The fourth-order valence-electron chi connectivity index (χ4n) is 3.21. The second kappa shape index (κ2) is 11.3. The van der Waals surface area contributed by atoms with Gasteiger partial charge in [-0.3, -0.25) is 9.59 Å². The topological polar surface area (TPSA) is 61.4 Å². The van der Waals surface area contributed by atoms with E-state index in [0.717, 1.165) is 44.5 Å². The van der Waals surface area contributed by atoms with Gasteiger partial charge in [-0.1, -0.05) is 12.1 Å². The summed E-state index contributed by atoms with van der Waals surface area (Å²) in [5, 5.41) is 5.72. The van der Waals surface area contributed by atoms with E-state index in [2.05, 4.69) is 10.6 Å². The third-order valence-corrected chi connectivity index (χ3v) is 4.82. The molecule has 1 fully saturated rings. The number of halogens is 4. The number of benzene rings is 1. The van der Waals surface area contributed by atoms with Crippen LogP contribution in [0.5, 0.6) is 0 Å². The highest BCUT2D eigenvalue weighted by atomic mass is 35.5. The quantitative estimate of drug-likeness (QED) is 0.711. The number of likely N-dealkylation sites (N-methyl/N-ethyl adjacent to an activating group) is 1. The molecule has 5 nitrogen and oxygen atoms in total. The lowest BCUT2D eigenvalue weighted by Crippen LogP contribution is -2.39. The molecule has 0 bridgehead atoms. The summed E-state index contributed by atoms with van der Waals surface area (Å²) in [4.78, 5) is 25.7. The van der Waals surface area contributed by atoms with E-state index in [9.17, 15) is 22.8 Å². The Labute approximate surface area is 169 Å². The first-order chi connectivity index (χ1) is 12.8. The molecule has 2 N–H and O–H groups in total. The molecule has 1 heterocycles. The lowest BCUT2D eigenvalue weighted by atomic mass is 9.93. The van der Waals surface area contributed by atoms with Gasteiger partial charge < -0.3 is 15.5 Å². The molecule has 0 aliphatic carbocycles. The second-order valence-corrected chi connectivity index (χ2v) is 6.85. The highest BCUT2D eigenvalue weighted by Crippen LogP contribution is 2.30. The molecule has 0 radical (unpaired) electrons. The standard InChI is InChI=1S/C19H26F3N3O2.ClH/c1-23-17(26)13-25(18(27)6-5-14-7-9-24-10-8-14)12-15-3-2-4-16(11-15)19(20,21)22;/h2-4,11,14,24H,5-10,12-13H2,1H3,(H,23,26);1H. The molecule has 0 spiro atoms. The Bertz CT molecular complexity index is 650. The van der Waals surface area contributed by atoms with Crippen LogP contribution in [0.2, 0.25) is 0 Å². The number of hydrogen-bond acceptors (Lipinski definition) is 3. The van der Waals surface area contributed by atoms with Crippen LogP contribution in [0.3, 0.4) is 0 Å². The zero-order valence-electron chi connectivity index (χ0n) is 15.8. The maximum Gasteiger partial charge on any atom is 0.416 e. The van der Waals surface area contributed by atoms with Gasteiger partial charge in [0.05, 0.1) is 12.1 Å². The fraction of sp³-hybridized carbons (Fsp3) is 0.579. The number of amides is 2. The number of carbonyl (C=O) groups is 2. The van der Waals surface area contributed by atoms with Gasteiger partial charge in [-0.25, -0.2) is 0 Å². The molecule has 9 heteroatoms. The van der Waals surface area contributed by atoms with E-state index in [-0.39, 0.29) is 37.3 Å². The number of hydrogen-bond donors (Lipinski definition) is 2. The molecule has 0 aromatic heterocycles. The van der Waals surface area contributed by atoms with Gasteiger partial charge in [0.2, 0.25) is 11.8 Å². The minimum Gasteiger partial charge on any atom is -0.358 e. The first-order valence-electron chi connectivity index (χ1n) is 9.15. The molecular formula is C19H27ClF3N3O2. The van der Waals surface area contributed by atoms with Crippen molar-refractivity contribution >= 4 is 24.2 Å². The van der Waals surface area contributed by atoms with Crippen LogP contribution in [0.1, 0.15) is 36.8 Å². The molecule has 1 aromatic carbocycles. The predicted octanol–water partition coefficient (Wildman–Crippen LogP) is 2.98. The van der Waals surface area contributed by atoms with E-state index >= 15 is 0 Å². The second-order valence-electron chi connectivity index (χ2n) is 6.85. The average Bonchev–Trinajstić information content (AvgIpc) is 2.65. The molecule has 1 aliphatic heterocycles. The van der Waals surface area contributed by atoms with Crippen LogP contribution in [-0.2, 0) is 22.3 Å². The Balaban J connectivity index is 0.00000392. The third-order valence-electron chi connectivity index (χ3n) is 4.82. The monoisotopic (exact) mass is 421 g/mol. The van der Waals surface area contributed by atoms with E-state index in [1.807, 2.05) is 0 Å². The summed E-state index contributed by atoms with van der Waals surface area (Å²) in [6.45, 7) is 1.68. The maximum atomic E-state index is 12.9. The Kier molecular flexibility index (Phi) is 9.75. The van der Waals surface area contributed by atoms with Gasteiger partial charge >= 0.3 is 6.18 Å². The summed E-state index contributed by atoms with van der Waals surface area (Å²) >= 11 is 0. The third kappa shape index (κ3) is 7.67. The minimum atomic E-state index is -4.44. The van der Waals surface area contributed by atoms with Crippen LogP contribution in [0, 0.1) is 5.92 Å². The van der Waals surface area contributed by atoms with Crippen molar-refractivity contribution in [3.8, 4) is 0 Å². The van der Waals surface area contributed by atoms with Gasteiger partial charge in [-0.05, 0) is 56.0 Å². The highest BCUT2D eigenvalue weighted by Gasteiger charge is 2.30. The van der Waals surface area contributed by atoms with Crippen molar-refractivity contribution in [1.82, 2.24) is 15.5 Å². The van der Waals surface area contributed by atoms with Gasteiger partial charge in [0.15, 0.2) is 0 Å². The number of carbonyl (C=O) groups excluding carboxylic acids is 2. The van der Waals surface area contributed by atoms with Crippen molar-refractivity contribution in [3.05, 3.63) is 35.4 Å². The van der Waals surface area contributed by atoms with Crippen molar-refractivity contribution < 1.29 is 22.8 Å². The lowest BCUT2D eigenvalue weighted by Gasteiger charge is -2.25. The van der Waals surface area contributed by atoms with E-state index < -0.39 is 11.7 Å². The van der Waals surface area contributed by atoms with Crippen LogP contribution in [0.4, 0.5) is 13.2 Å². The van der Waals surface area contributed by atoms with Crippen LogP contribution in [0.15, 0.2) is 24.3 Å². The Morgan fingerprint density at radius 1 is 1.25 bits per heavy atom. The number of piperidine rings is 1. The molecule has 2 rings (SSSR count). The summed E-state index contributed by atoms with van der Waals surface area (Å²) < 4.78 is 38.7. The highest BCUT2D eigenvalue weighted by molar-refractivity contribution is 5.85. The average molecular weight is 422 g/mol. The van der Waals surface area contributed by atoms with Gasteiger partial charge in [0.1, 0.15) is 0 Å². The largest absolute Gasteiger partial charge is 0.416 e. The van der Waals surface area contributed by atoms with Gasteiger partial charge in [-0.15, -0.1) is 12.4 Å². The van der Waals surface area contributed by atoms with Crippen LogP contribution in [-0.4, -0.2) is 43.4 Å². The van der Waals surface area contributed by atoms with Crippen molar-refractivity contribution in [1.29, 1.82) is 0 Å². The summed E-state index contributed by atoms with van der Waals surface area (Å²) in [5.74, 6) is -0.0997.